The van der Waals surface area contributed by atoms with Crippen molar-refractivity contribution in [1.82, 2.24) is 4.90 Å². The molecule has 1 aliphatic rings. The van der Waals surface area contributed by atoms with Crippen LogP contribution in [-0.2, 0) is 19.6 Å². The number of primary amides is 1. The summed E-state index contributed by atoms with van der Waals surface area (Å²) < 4.78 is 26.3. The van der Waals surface area contributed by atoms with Gasteiger partial charge in [0.05, 0.1) is 11.9 Å². The van der Waals surface area contributed by atoms with Gasteiger partial charge in [-0.15, -0.1) is 0 Å². The Kier molecular flexibility index (Phi) is 6.10. The molecular formula is C16H22BrN3O4S. The lowest BCUT2D eigenvalue weighted by atomic mass is 9.96. The van der Waals surface area contributed by atoms with E-state index in [0.29, 0.717) is 31.6 Å². The zero-order valence-electron chi connectivity index (χ0n) is 14.2. The number of sulfonamides is 1. The average molecular weight is 432 g/mol. The van der Waals surface area contributed by atoms with Gasteiger partial charge in [0.2, 0.25) is 21.8 Å². The molecule has 0 atom stereocenters. The maximum Gasteiger partial charge on any atom is 0.243 e. The van der Waals surface area contributed by atoms with Crippen LogP contribution < -0.4 is 10.0 Å². The molecule has 2 rings (SSSR count). The van der Waals surface area contributed by atoms with Crippen LogP contribution in [0.3, 0.4) is 0 Å². The van der Waals surface area contributed by atoms with E-state index >= 15 is 0 Å². The highest BCUT2D eigenvalue weighted by Crippen LogP contribution is 2.25. The molecule has 1 fully saturated rings. The summed E-state index contributed by atoms with van der Waals surface area (Å²) in [6.45, 7) is 2.40. The van der Waals surface area contributed by atoms with Crippen LogP contribution in [0.1, 0.15) is 18.4 Å². The van der Waals surface area contributed by atoms with Gasteiger partial charge in [-0.05, 0) is 43.5 Å². The van der Waals surface area contributed by atoms with Gasteiger partial charge < -0.3 is 10.6 Å². The lowest BCUT2D eigenvalue weighted by molar-refractivity contribution is -0.133. The van der Waals surface area contributed by atoms with Gasteiger partial charge >= 0.3 is 0 Å². The number of hydrogen-bond acceptors (Lipinski definition) is 4. The molecule has 0 unspecified atom stereocenters. The lowest BCUT2D eigenvalue weighted by Crippen LogP contribution is -2.47. The second-order valence-electron chi connectivity index (χ2n) is 6.26. The number of likely N-dealkylation sites (tertiary alicyclic amines) is 1. The van der Waals surface area contributed by atoms with E-state index in [4.69, 9.17) is 5.73 Å². The zero-order valence-corrected chi connectivity index (χ0v) is 16.6. The molecule has 1 saturated heterocycles. The number of anilines is 1. The molecular weight excluding hydrogens is 410 g/mol. The fraction of sp³-hybridized carbons (Fsp3) is 0.500. The Morgan fingerprint density at radius 3 is 2.40 bits per heavy atom. The van der Waals surface area contributed by atoms with Gasteiger partial charge in [0.25, 0.3) is 0 Å². The maximum absolute atomic E-state index is 12.6. The third-order valence-corrected chi connectivity index (χ3v) is 6.39. The van der Waals surface area contributed by atoms with Crippen LogP contribution in [0.2, 0.25) is 0 Å². The molecule has 1 aromatic rings. The van der Waals surface area contributed by atoms with Crippen LogP contribution in [0.25, 0.3) is 0 Å². The van der Waals surface area contributed by atoms with Crippen molar-refractivity contribution in [2.45, 2.75) is 19.8 Å². The number of nitrogens with two attached hydrogens (primary N) is 1. The zero-order chi connectivity index (χ0) is 18.8. The van der Waals surface area contributed by atoms with Crippen LogP contribution in [0, 0.1) is 12.8 Å². The van der Waals surface area contributed by atoms with E-state index in [-0.39, 0.29) is 24.3 Å². The molecule has 138 valence electrons. The smallest absolute Gasteiger partial charge is 0.243 e. The highest BCUT2D eigenvalue weighted by molar-refractivity contribution is 9.10. The lowest BCUT2D eigenvalue weighted by Gasteiger charge is -2.32. The average Bonchev–Trinajstić information content (AvgIpc) is 2.54. The molecule has 2 amide bonds. The minimum Gasteiger partial charge on any atom is -0.369 e. The minimum absolute atomic E-state index is 0.218. The number of piperidine rings is 1. The van der Waals surface area contributed by atoms with Crippen molar-refractivity contribution >= 4 is 43.5 Å². The van der Waals surface area contributed by atoms with Gasteiger partial charge in [0, 0.05) is 23.5 Å². The fourth-order valence-corrected chi connectivity index (χ4v) is 3.91. The van der Waals surface area contributed by atoms with Crippen LogP contribution in [0.15, 0.2) is 22.7 Å². The summed E-state index contributed by atoms with van der Waals surface area (Å²) in [7, 11) is -3.61. The maximum atomic E-state index is 12.6. The Hall–Kier alpha value is -1.61. The summed E-state index contributed by atoms with van der Waals surface area (Å²) in [5.74, 6) is -0.853. The first kappa shape index (κ1) is 19.7. The minimum atomic E-state index is -3.61. The fourth-order valence-electron chi connectivity index (χ4n) is 2.82. The number of rotatable bonds is 5. The summed E-state index contributed by atoms with van der Waals surface area (Å²) in [5.41, 5.74) is 6.62. The molecule has 0 bridgehead atoms. The van der Waals surface area contributed by atoms with Gasteiger partial charge in [-0.2, -0.15) is 0 Å². The van der Waals surface area contributed by atoms with Crippen molar-refractivity contribution < 1.29 is 18.0 Å². The number of hydrogen-bond donors (Lipinski definition) is 1. The van der Waals surface area contributed by atoms with E-state index < -0.39 is 10.0 Å². The topological polar surface area (TPSA) is 101 Å². The van der Waals surface area contributed by atoms with E-state index in [0.717, 1.165) is 20.6 Å². The molecule has 25 heavy (non-hydrogen) atoms. The second kappa shape index (κ2) is 7.74. The number of halogens is 1. The van der Waals surface area contributed by atoms with E-state index in [1.54, 1.807) is 23.1 Å². The predicted octanol–water partition coefficient (Wildman–Crippen LogP) is 1.25. The van der Waals surface area contributed by atoms with Crippen LogP contribution in [-0.4, -0.2) is 51.0 Å². The molecule has 7 nitrogen and oxygen atoms in total. The van der Waals surface area contributed by atoms with Crippen molar-refractivity contribution in [3.8, 4) is 0 Å². The molecule has 1 aliphatic heterocycles. The number of amides is 2. The predicted molar refractivity (Wildman–Crippen MR) is 99.6 cm³/mol. The number of nitrogens with zero attached hydrogens (tertiary/aromatic N) is 2. The molecule has 1 aromatic carbocycles. The summed E-state index contributed by atoms with van der Waals surface area (Å²) in [6.07, 6.45) is 2.10. The van der Waals surface area contributed by atoms with E-state index in [9.17, 15) is 18.0 Å². The number of aryl methyl sites for hydroxylation is 1. The van der Waals surface area contributed by atoms with Crippen molar-refractivity contribution in [1.29, 1.82) is 0 Å². The molecule has 0 aliphatic carbocycles. The normalized spacial score (nSPS) is 15.9. The third-order valence-electron chi connectivity index (χ3n) is 4.36. The highest BCUT2D eigenvalue weighted by Gasteiger charge is 2.29. The first-order chi connectivity index (χ1) is 11.6. The number of benzene rings is 1. The second-order valence-corrected chi connectivity index (χ2v) is 9.02. The number of carbonyl (C=O) groups excluding carboxylic acids is 2. The van der Waals surface area contributed by atoms with Gasteiger partial charge in [-0.3, -0.25) is 13.9 Å². The van der Waals surface area contributed by atoms with E-state index in [2.05, 4.69) is 15.9 Å². The van der Waals surface area contributed by atoms with Crippen LogP contribution >= 0.6 is 15.9 Å². The van der Waals surface area contributed by atoms with Crippen LogP contribution in [0.5, 0.6) is 0 Å². The van der Waals surface area contributed by atoms with Crippen molar-refractivity contribution in [2.75, 3.05) is 30.2 Å². The van der Waals surface area contributed by atoms with Gasteiger partial charge in [-0.25, -0.2) is 8.42 Å². The number of carbonyl (C=O) groups is 2. The quantitative estimate of drug-likeness (QED) is 0.757. The van der Waals surface area contributed by atoms with Crippen LogP contribution in [0.4, 0.5) is 5.69 Å². The van der Waals surface area contributed by atoms with E-state index in [1.807, 2.05) is 6.92 Å². The summed E-state index contributed by atoms with van der Waals surface area (Å²) in [5, 5.41) is 0. The summed E-state index contributed by atoms with van der Waals surface area (Å²) in [6, 6.07) is 5.13. The molecule has 0 radical (unpaired) electrons. The Morgan fingerprint density at radius 2 is 1.92 bits per heavy atom. The monoisotopic (exact) mass is 431 g/mol. The largest absolute Gasteiger partial charge is 0.369 e. The van der Waals surface area contributed by atoms with Gasteiger partial charge in [0.1, 0.15) is 6.54 Å². The molecule has 1 heterocycles. The molecule has 2 N–H and O–H groups in total. The van der Waals surface area contributed by atoms with Gasteiger partial charge in [0.15, 0.2) is 0 Å². The SMILES string of the molecule is Cc1cc(N(CC(=O)N2CCC(C(N)=O)CC2)S(C)(=O)=O)ccc1Br. The third kappa shape index (κ3) is 4.94. The standard InChI is InChI=1S/C16H22BrN3O4S/c1-11-9-13(3-4-14(11)17)20(25(2,23)24)10-15(21)19-7-5-12(6-8-19)16(18)22/h3-4,9,12H,5-8,10H2,1-2H3,(H2,18,22). The molecule has 9 heteroatoms. The summed E-state index contributed by atoms with van der Waals surface area (Å²) >= 11 is 3.38. The van der Waals surface area contributed by atoms with Crippen molar-refractivity contribution in [3.05, 3.63) is 28.2 Å². The molecule has 0 spiro atoms. The van der Waals surface area contributed by atoms with Crippen molar-refractivity contribution in [3.63, 3.8) is 0 Å². The Bertz CT molecular complexity index is 774. The Balaban J connectivity index is 2.14. The van der Waals surface area contributed by atoms with E-state index in [1.165, 1.54) is 0 Å². The molecule has 0 saturated carbocycles. The molecule has 0 aromatic heterocycles. The Labute approximate surface area is 156 Å². The highest BCUT2D eigenvalue weighted by atomic mass is 79.9. The summed E-state index contributed by atoms with van der Waals surface area (Å²) in [4.78, 5) is 25.3. The first-order valence-corrected chi connectivity index (χ1v) is 10.5. The Morgan fingerprint density at radius 1 is 1.32 bits per heavy atom. The first-order valence-electron chi connectivity index (χ1n) is 7.90. The van der Waals surface area contributed by atoms with Gasteiger partial charge in [-0.1, -0.05) is 15.9 Å². The van der Waals surface area contributed by atoms with Crippen molar-refractivity contribution in [2.24, 2.45) is 11.7 Å².